The molecule has 1 aromatic heterocycles. The number of thioether (sulfide) groups is 1. The van der Waals surface area contributed by atoms with Crippen LogP contribution in [-0.2, 0) is 4.79 Å². The highest BCUT2D eigenvalue weighted by atomic mass is 32.2. The molecule has 0 bridgehead atoms. The van der Waals surface area contributed by atoms with Crippen LogP contribution >= 0.6 is 11.8 Å². The van der Waals surface area contributed by atoms with Gasteiger partial charge in [0.2, 0.25) is 17.7 Å². The SMILES string of the molecule is Cc1nnc(-c2ccccc2NC(=O)C2CCCS2)o1. The van der Waals surface area contributed by atoms with E-state index in [1.165, 1.54) is 0 Å². The summed E-state index contributed by atoms with van der Waals surface area (Å²) < 4.78 is 5.44. The second kappa shape index (κ2) is 5.66. The van der Waals surface area contributed by atoms with Crippen LogP contribution in [0.2, 0.25) is 0 Å². The number of carbonyl (C=O) groups excluding carboxylic acids is 1. The largest absolute Gasteiger partial charge is 0.421 e. The van der Waals surface area contributed by atoms with Gasteiger partial charge in [0, 0.05) is 6.92 Å². The molecule has 6 heteroatoms. The van der Waals surface area contributed by atoms with Crippen LogP contribution in [-0.4, -0.2) is 27.1 Å². The fourth-order valence-corrected chi connectivity index (χ4v) is 3.34. The number of anilines is 1. The molecule has 1 amide bonds. The summed E-state index contributed by atoms with van der Waals surface area (Å²) in [7, 11) is 0. The molecule has 0 saturated carbocycles. The van der Waals surface area contributed by atoms with Crippen molar-refractivity contribution in [2.24, 2.45) is 0 Å². The average Bonchev–Trinajstić information content (AvgIpc) is 3.10. The van der Waals surface area contributed by atoms with E-state index < -0.39 is 0 Å². The predicted molar refractivity (Wildman–Crippen MR) is 78.6 cm³/mol. The van der Waals surface area contributed by atoms with Crippen molar-refractivity contribution in [1.82, 2.24) is 10.2 Å². The molecule has 1 aromatic carbocycles. The maximum atomic E-state index is 12.2. The molecule has 1 atom stereocenters. The molecule has 2 aromatic rings. The van der Waals surface area contributed by atoms with E-state index in [1.807, 2.05) is 24.3 Å². The van der Waals surface area contributed by atoms with Crippen molar-refractivity contribution in [1.29, 1.82) is 0 Å². The quantitative estimate of drug-likeness (QED) is 0.941. The van der Waals surface area contributed by atoms with Crippen molar-refractivity contribution in [3.05, 3.63) is 30.2 Å². The number of hydrogen-bond acceptors (Lipinski definition) is 5. The number of nitrogens with zero attached hydrogens (tertiary/aromatic N) is 2. The third kappa shape index (κ3) is 2.70. The lowest BCUT2D eigenvalue weighted by Crippen LogP contribution is -2.23. The van der Waals surface area contributed by atoms with E-state index in [4.69, 9.17) is 4.42 Å². The molecule has 5 nitrogen and oxygen atoms in total. The number of benzene rings is 1. The fourth-order valence-electron chi connectivity index (χ4n) is 2.18. The normalized spacial score (nSPS) is 18.1. The van der Waals surface area contributed by atoms with Crippen molar-refractivity contribution in [3.8, 4) is 11.5 Å². The second-order valence-corrected chi connectivity index (χ2v) is 5.97. The Balaban J connectivity index is 1.84. The number of carbonyl (C=O) groups is 1. The van der Waals surface area contributed by atoms with Gasteiger partial charge >= 0.3 is 0 Å². The highest BCUT2D eigenvalue weighted by Crippen LogP contribution is 2.30. The van der Waals surface area contributed by atoms with E-state index in [-0.39, 0.29) is 11.2 Å². The zero-order valence-electron chi connectivity index (χ0n) is 11.1. The Morgan fingerprint density at radius 3 is 2.95 bits per heavy atom. The Labute approximate surface area is 121 Å². The minimum Gasteiger partial charge on any atom is -0.421 e. The topological polar surface area (TPSA) is 68.0 Å². The number of rotatable bonds is 3. The van der Waals surface area contributed by atoms with Crippen LogP contribution in [0.4, 0.5) is 5.69 Å². The smallest absolute Gasteiger partial charge is 0.249 e. The summed E-state index contributed by atoms with van der Waals surface area (Å²) in [5, 5.41) is 10.9. The number of amides is 1. The molecule has 1 fully saturated rings. The maximum absolute atomic E-state index is 12.2. The summed E-state index contributed by atoms with van der Waals surface area (Å²) in [4.78, 5) is 12.2. The molecule has 0 spiro atoms. The van der Waals surface area contributed by atoms with E-state index in [2.05, 4.69) is 15.5 Å². The van der Waals surface area contributed by atoms with Gasteiger partial charge in [-0.1, -0.05) is 12.1 Å². The van der Waals surface area contributed by atoms with Crippen LogP contribution < -0.4 is 5.32 Å². The van der Waals surface area contributed by atoms with Crippen molar-refractivity contribution < 1.29 is 9.21 Å². The highest BCUT2D eigenvalue weighted by molar-refractivity contribution is 8.00. The Morgan fingerprint density at radius 1 is 1.40 bits per heavy atom. The van der Waals surface area contributed by atoms with Crippen molar-refractivity contribution >= 4 is 23.4 Å². The summed E-state index contributed by atoms with van der Waals surface area (Å²) in [6.45, 7) is 1.74. The van der Waals surface area contributed by atoms with Gasteiger partial charge in [-0.05, 0) is 30.7 Å². The third-order valence-electron chi connectivity index (χ3n) is 3.16. The molecule has 104 valence electrons. The first-order chi connectivity index (χ1) is 9.74. The summed E-state index contributed by atoms with van der Waals surface area (Å²) in [6, 6.07) is 7.48. The van der Waals surface area contributed by atoms with Gasteiger partial charge in [0.25, 0.3) is 0 Å². The van der Waals surface area contributed by atoms with Crippen LogP contribution in [0.1, 0.15) is 18.7 Å². The third-order valence-corrected chi connectivity index (χ3v) is 4.54. The number of nitrogens with one attached hydrogen (secondary N) is 1. The van der Waals surface area contributed by atoms with Gasteiger partial charge < -0.3 is 9.73 Å². The van der Waals surface area contributed by atoms with Crippen molar-refractivity contribution in [2.75, 3.05) is 11.1 Å². The molecule has 20 heavy (non-hydrogen) atoms. The van der Waals surface area contributed by atoms with Gasteiger partial charge in [0.15, 0.2) is 0 Å². The Bertz CT molecular complexity index is 620. The minimum absolute atomic E-state index is 0.0486. The number of para-hydroxylation sites is 1. The molecule has 3 rings (SSSR count). The van der Waals surface area contributed by atoms with Crippen molar-refractivity contribution in [3.63, 3.8) is 0 Å². The first-order valence-corrected chi connectivity index (χ1v) is 7.61. The van der Waals surface area contributed by atoms with Gasteiger partial charge in [-0.15, -0.1) is 22.0 Å². The van der Waals surface area contributed by atoms with E-state index in [0.717, 1.165) is 24.2 Å². The first-order valence-electron chi connectivity index (χ1n) is 6.56. The minimum atomic E-state index is 0.0486. The van der Waals surface area contributed by atoms with Crippen LogP contribution in [0.3, 0.4) is 0 Å². The summed E-state index contributed by atoms with van der Waals surface area (Å²) in [5.74, 6) is 2.05. The predicted octanol–water partition coefficient (Wildman–Crippen LogP) is 2.88. The number of hydrogen-bond donors (Lipinski definition) is 1. The molecular formula is C14H15N3O2S. The van der Waals surface area contributed by atoms with E-state index in [0.29, 0.717) is 17.5 Å². The average molecular weight is 289 g/mol. The number of aryl methyl sites for hydroxylation is 1. The molecule has 1 saturated heterocycles. The van der Waals surface area contributed by atoms with Crippen molar-refractivity contribution in [2.45, 2.75) is 25.0 Å². The highest BCUT2D eigenvalue weighted by Gasteiger charge is 2.24. The standard InChI is InChI=1S/C14H15N3O2S/c1-9-16-17-14(19-9)10-5-2-3-6-11(10)15-13(18)12-7-4-8-20-12/h2-3,5-6,12H,4,7-8H2,1H3,(H,15,18). The second-order valence-electron chi connectivity index (χ2n) is 4.66. The van der Waals surface area contributed by atoms with E-state index in [1.54, 1.807) is 18.7 Å². The number of aromatic nitrogens is 2. The van der Waals surface area contributed by atoms with Crippen LogP contribution in [0.5, 0.6) is 0 Å². The zero-order chi connectivity index (χ0) is 13.9. The maximum Gasteiger partial charge on any atom is 0.249 e. The van der Waals surface area contributed by atoms with Gasteiger partial charge in [0.1, 0.15) is 0 Å². The van der Waals surface area contributed by atoms with E-state index in [9.17, 15) is 4.79 Å². The molecular weight excluding hydrogens is 274 g/mol. The molecule has 0 radical (unpaired) electrons. The zero-order valence-corrected chi connectivity index (χ0v) is 11.9. The van der Waals surface area contributed by atoms with Gasteiger partial charge in [0.05, 0.1) is 16.5 Å². The van der Waals surface area contributed by atoms with Crippen LogP contribution in [0.25, 0.3) is 11.5 Å². The molecule has 1 unspecified atom stereocenters. The molecule has 0 aliphatic carbocycles. The molecule has 1 aliphatic heterocycles. The first kappa shape index (κ1) is 13.2. The lowest BCUT2D eigenvalue weighted by molar-refractivity contribution is -0.115. The molecule has 1 aliphatic rings. The Hall–Kier alpha value is -1.82. The molecule has 2 heterocycles. The molecule has 1 N–H and O–H groups in total. The summed E-state index contributed by atoms with van der Waals surface area (Å²) in [5.41, 5.74) is 1.47. The van der Waals surface area contributed by atoms with Gasteiger partial charge in [-0.25, -0.2) is 0 Å². The Morgan fingerprint density at radius 2 is 2.25 bits per heavy atom. The monoisotopic (exact) mass is 289 g/mol. The lowest BCUT2D eigenvalue weighted by atomic mass is 10.1. The lowest BCUT2D eigenvalue weighted by Gasteiger charge is -2.12. The van der Waals surface area contributed by atoms with Crippen LogP contribution in [0, 0.1) is 6.92 Å². The van der Waals surface area contributed by atoms with Gasteiger partial charge in [-0.3, -0.25) is 4.79 Å². The van der Waals surface area contributed by atoms with Gasteiger partial charge in [-0.2, -0.15) is 0 Å². The fraction of sp³-hybridized carbons (Fsp3) is 0.357. The van der Waals surface area contributed by atoms with E-state index >= 15 is 0 Å². The van der Waals surface area contributed by atoms with Crippen LogP contribution in [0.15, 0.2) is 28.7 Å². The Kier molecular flexibility index (Phi) is 3.73. The summed E-state index contributed by atoms with van der Waals surface area (Å²) >= 11 is 1.71. The summed E-state index contributed by atoms with van der Waals surface area (Å²) in [6.07, 6.45) is 2.05.